The quantitative estimate of drug-likeness (QED) is 0.198. The summed E-state index contributed by atoms with van der Waals surface area (Å²) in [6.45, 7) is 9.63. The van der Waals surface area contributed by atoms with Crippen molar-refractivity contribution in [3.63, 3.8) is 0 Å². The Labute approximate surface area is 263 Å². The molecule has 1 saturated carbocycles. The first-order valence-corrected chi connectivity index (χ1v) is 24.2. The number of benzene rings is 4. The van der Waals surface area contributed by atoms with Crippen LogP contribution in [0.1, 0.15) is 59.8 Å². The van der Waals surface area contributed by atoms with E-state index in [-0.39, 0.29) is 0 Å². The average molecular weight is 648 g/mol. The molecule has 1 nitrogen and oxygen atoms in total. The van der Waals surface area contributed by atoms with Crippen molar-refractivity contribution in [3.8, 4) is 11.1 Å². The zero-order chi connectivity index (χ0) is 29.3. The second-order valence-electron chi connectivity index (χ2n) is 11.9. The minimum atomic E-state index is -2.16. The molecule has 0 aliphatic heterocycles. The van der Waals surface area contributed by atoms with Crippen LogP contribution in [-0.4, -0.2) is 12.0 Å². The van der Waals surface area contributed by atoms with E-state index in [4.69, 9.17) is 0 Å². The van der Waals surface area contributed by atoms with E-state index >= 15 is 0 Å². The molecule has 6 rings (SSSR count). The summed E-state index contributed by atoms with van der Waals surface area (Å²) in [6, 6.07) is 44.6. The molecule has 4 aromatic carbocycles. The third-order valence-corrected chi connectivity index (χ3v) is 29.2. The number of allylic oxidation sites excluding steroid dienone is 4. The van der Waals surface area contributed by atoms with Crippen molar-refractivity contribution in [2.24, 2.45) is 5.92 Å². The first-order valence-electron chi connectivity index (χ1n) is 15.8. The Bertz CT molecular complexity index is 1380. The zero-order valence-electron chi connectivity index (χ0n) is 25.8. The minimum absolute atomic E-state index is 0.623. The molecule has 0 radical (unpaired) electrons. The van der Waals surface area contributed by atoms with Gasteiger partial charge < -0.3 is 0 Å². The molecule has 1 atom stereocenters. The predicted molar refractivity (Wildman–Crippen MR) is 181 cm³/mol. The first-order chi connectivity index (χ1) is 20.5. The van der Waals surface area contributed by atoms with E-state index in [0.29, 0.717) is 5.92 Å². The summed E-state index contributed by atoms with van der Waals surface area (Å²) in [5.41, 5.74) is 7.35. The topological polar surface area (TPSA) is 12.0 Å². The number of hydrogen-bond acceptors (Lipinski definition) is 1. The van der Waals surface area contributed by atoms with Crippen LogP contribution in [0.5, 0.6) is 0 Å². The summed E-state index contributed by atoms with van der Waals surface area (Å²) in [7, 11) is 0. The SMILES string of the molecule is CC1=C(C)C(C)[C]([Zr]([NH]C2CCCCC2)[SiH](c2ccccc2)c2ccccc2)=C1C.c1ccc(-c2ccccc2)cc1. The number of hydrogen-bond donors (Lipinski definition) is 1. The van der Waals surface area contributed by atoms with Crippen molar-refractivity contribution in [3.05, 3.63) is 141 Å². The van der Waals surface area contributed by atoms with Crippen molar-refractivity contribution in [2.75, 3.05) is 0 Å². The van der Waals surface area contributed by atoms with Gasteiger partial charge in [-0.15, -0.1) is 0 Å². The normalized spacial score (nSPS) is 17.3. The van der Waals surface area contributed by atoms with E-state index in [1.807, 2.05) is 15.4 Å². The molecule has 3 heteroatoms. The molecular weight excluding hydrogens is 602 g/mol. The van der Waals surface area contributed by atoms with Gasteiger partial charge in [0, 0.05) is 0 Å². The van der Waals surface area contributed by atoms with Crippen LogP contribution in [0.25, 0.3) is 11.1 Å². The van der Waals surface area contributed by atoms with Gasteiger partial charge in [-0.05, 0) is 11.1 Å². The van der Waals surface area contributed by atoms with Gasteiger partial charge in [0.25, 0.3) is 0 Å². The molecule has 1 N–H and O–H groups in total. The van der Waals surface area contributed by atoms with Crippen molar-refractivity contribution in [1.82, 2.24) is 3.26 Å². The van der Waals surface area contributed by atoms with Crippen molar-refractivity contribution < 1.29 is 21.2 Å². The van der Waals surface area contributed by atoms with E-state index in [2.05, 4.69) is 140 Å². The van der Waals surface area contributed by atoms with Gasteiger partial charge in [-0.1, -0.05) is 60.7 Å². The van der Waals surface area contributed by atoms with E-state index in [1.54, 1.807) is 27.1 Å². The Morgan fingerprint density at radius 3 is 1.40 bits per heavy atom. The molecule has 2 aliphatic rings. The van der Waals surface area contributed by atoms with E-state index in [1.165, 1.54) is 43.2 Å². The van der Waals surface area contributed by atoms with Crippen LogP contribution >= 0.6 is 0 Å². The second kappa shape index (κ2) is 15.2. The van der Waals surface area contributed by atoms with Gasteiger partial charge in [0.15, 0.2) is 0 Å². The summed E-state index contributed by atoms with van der Waals surface area (Å²) in [6.07, 6.45) is 6.98. The van der Waals surface area contributed by atoms with Crippen LogP contribution in [-0.2, 0) is 21.2 Å². The van der Waals surface area contributed by atoms with Crippen LogP contribution < -0.4 is 13.6 Å². The van der Waals surface area contributed by atoms with Crippen LogP contribution in [0.4, 0.5) is 0 Å². The Kier molecular flexibility index (Phi) is 11.2. The number of nitrogens with one attached hydrogen (secondary N) is 1. The maximum absolute atomic E-state index is 4.47. The molecule has 215 valence electrons. The fourth-order valence-corrected chi connectivity index (χ4v) is 30.1. The van der Waals surface area contributed by atoms with Gasteiger partial charge in [-0.25, -0.2) is 0 Å². The Hall–Kier alpha value is -2.58. The molecule has 42 heavy (non-hydrogen) atoms. The fraction of sp³-hybridized carbons (Fsp3) is 0.282. The van der Waals surface area contributed by atoms with Crippen LogP contribution in [0.3, 0.4) is 0 Å². The van der Waals surface area contributed by atoms with E-state index < -0.39 is 27.1 Å². The molecule has 1 unspecified atom stereocenters. The molecule has 0 saturated heterocycles. The van der Waals surface area contributed by atoms with Gasteiger partial charge in [-0.2, -0.15) is 0 Å². The summed E-state index contributed by atoms with van der Waals surface area (Å²) < 4.78 is 6.33. The van der Waals surface area contributed by atoms with Crippen LogP contribution in [0, 0.1) is 5.92 Å². The molecular formula is C39H46NSiZr. The standard InChI is InChI=1S/C12H11Si.C12H10.C9H13.C6H12N.Zr/c1-3-7-11(8-4-1)13-12-9-5-2-6-10-12;1-3-7-11(8-4-1)12-9-5-2-6-10-12;1-6-5-7(2)9(4)8(6)3;7-6-4-2-1-3-5-6;/h1-10,13H;1-10H;6H,1-4H3;6-7H,1-5H2;/q;;;-1;+1. The van der Waals surface area contributed by atoms with Gasteiger partial charge >= 0.3 is 193 Å². The van der Waals surface area contributed by atoms with Crippen molar-refractivity contribution in [1.29, 1.82) is 0 Å². The molecule has 0 aromatic heterocycles. The molecule has 0 spiro atoms. The van der Waals surface area contributed by atoms with Crippen LogP contribution in [0.2, 0.25) is 0 Å². The predicted octanol–water partition coefficient (Wildman–Crippen LogP) is 8.59. The number of rotatable bonds is 7. The molecule has 0 heterocycles. The van der Waals surface area contributed by atoms with Crippen molar-refractivity contribution >= 4 is 16.3 Å². The Balaban J connectivity index is 0.000000244. The van der Waals surface area contributed by atoms with Gasteiger partial charge in [0.2, 0.25) is 0 Å². The molecule has 0 bridgehead atoms. The molecule has 2 aliphatic carbocycles. The van der Waals surface area contributed by atoms with Gasteiger partial charge in [0.1, 0.15) is 0 Å². The smallest absolute Gasteiger partial charge is 0.0184 e. The summed E-state index contributed by atoms with van der Waals surface area (Å²) in [5.74, 6) is -0.697. The summed E-state index contributed by atoms with van der Waals surface area (Å²) >= 11 is -2.16. The second-order valence-corrected chi connectivity index (χ2v) is 25.9. The summed E-state index contributed by atoms with van der Waals surface area (Å²) in [4.78, 5) is 0. The first kappa shape index (κ1) is 30.9. The van der Waals surface area contributed by atoms with E-state index in [0.717, 1.165) is 6.04 Å². The monoisotopic (exact) mass is 646 g/mol. The average Bonchev–Trinajstić information content (AvgIpc) is 3.25. The zero-order valence-corrected chi connectivity index (χ0v) is 29.4. The van der Waals surface area contributed by atoms with Crippen molar-refractivity contribution in [2.45, 2.75) is 65.8 Å². The maximum atomic E-state index is 4.47. The molecule has 4 aromatic rings. The van der Waals surface area contributed by atoms with E-state index in [9.17, 15) is 0 Å². The van der Waals surface area contributed by atoms with Gasteiger partial charge in [-0.3, -0.25) is 0 Å². The van der Waals surface area contributed by atoms with Crippen LogP contribution in [0.15, 0.2) is 141 Å². The Morgan fingerprint density at radius 1 is 0.571 bits per heavy atom. The third-order valence-electron chi connectivity index (χ3n) is 9.33. The fourth-order valence-electron chi connectivity index (χ4n) is 6.66. The maximum Gasteiger partial charge on any atom is -0.0184 e. The Morgan fingerprint density at radius 2 is 1.00 bits per heavy atom. The summed E-state index contributed by atoms with van der Waals surface area (Å²) in [5, 5.41) is 3.27. The molecule has 1 fully saturated rings. The third kappa shape index (κ3) is 7.49. The molecule has 0 amide bonds. The van der Waals surface area contributed by atoms with Gasteiger partial charge in [0.05, 0.1) is 0 Å². The largest absolute Gasteiger partial charge is 0.0622 e. The minimum Gasteiger partial charge on any atom is -0.0622 e.